The molecule has 0 bridgehead atoms. The highest BCUT2D eigenvalue weighted by Crippen LogP contribution is 2.15. The summed E-state index contributed by atoms with van der Waals surface area (Å²) in [5.41, 5.74) is 1.57. The molecule has 1 aromatic carbocycles. The summed E-state index contributed by atoms with van der Waals surface area (Å²) in [7, 11) is 0. The van der Waals surface area contributed by atoms with E-state index in [2.05, 4.69) is 10.3 Å². The summed E-state index contributed by atoms with van der Waals surface area (Å²) in [5.74, 6) is -0.336. The number of aryl methyl sites for hydroxylation is 1. The first-order chi connectivity index (χ1) is 10.6. The number of likely N-dealkylation sites (tertiary alicyclic amines) is 1. The maximum absolute atomic E-state index is 13.3. The summed E-state index contributed by atoms with van der Waals surface area (Å²) in [6, 6.07) is 4.70. The molecule has 0 radical (unpaired) electrons. The molecule has 0 unspecified atom stereocenters. The Morgan fingerprint density at radius 1 is 1.18 bits per heavy atom. The molecule has 1 aromatic heterocycles. The fraction of sp³-hybridized carbons (Fsp3) is 0.438. The minimum Gasteiger partial charge on any atom is -0.337 e. The first kappa shape index (κ1) is 14.7. The summed E-state index contributed by atoms with van der Waals surface area (Å²) < 4.78 is 14.8. The number of rotatable bonds is 2. The van der Waals surface area contributed by atoms with Crippen molar-refractivity contribution in [3.8, 4) is 5.69 Å². The van der Waals surface area contributed by atoms with Crippen LogP contribution in [0.4, 0.5) is 4.39 Å². The van der Waals surface area contributed by atoms with Crippen LogP contribution in [0.2, 0.25) is 0 Å². The molecule has 1 fully saturated rings. The molecule has 6 heteroatoms. The first-order valence-electron chi connectivity index (χ1n) is 7.63. The summed E-state index contributed by atoms with van der Waals surface area (Å²) in [5, 5.41) is 7.97. The van der Waals surface area contributed by atoms with Gasteiger partial charge in [-0.2, -0.15) is 0 Å². The molecule has 1 aliphatic rings. The number of halogens is 1. The molecule has 116 valence electrons. The summed E-state index contributed by atoms with van der Waals surface area (Å²) in [6.07, 6.45) is 6.03. The molecule has 1 aliphatic heterocycles. The summed E-state index contributed by atoms with van der Waals surface area (Å²) in [4.78, 5) is 14.3. The van der Waals surface area contributed by atoms with Gasteiger partial charge in [-0.15, -0.1) is 5.10 Å². The molecule has 0 aliphatic carbocycles. The van der Waals surface area contributed by atoms with Gasteiger partial charge in [0.15, 0.2) is 5.69 Å². The predicted molar refractivity (Wildman–Crippen MR) is 80.4 cm³/mol. The van der Waals surface area contributed by atoms with E-state index in [-0.39, 0.29) is 11.7 Å². The second-order valence-corrected chi connectivity index (χ2v) is 5.69. The van der Waals surface area contributed by atoms with Gasteiger partial charge in [-0.05, 0) is 43.5 Å². The highest BCUT2D eigenvalue weighted by molar-refractivity contribution is 5.92. The van der Waals surface area contributed by atoms with Crippen molar-refractivity contribution in [2.24, 2.45) is 0 Å². The fourth-order valence-electron chi connectivity index (χ4n) is 2.70. The lowest BCUT2D eigenvalue weighted by Gasteiger charge is -2.18. The highest BCUT2D eigenvalue weighted by Gasteiger charge is 2.20. The van der Waals surface area contributed by atoms with Crippen molar-refractivity contribution in [2.75, 3.05) is 13.1 Å². The minimum absolute atomic E-state index is 0.0769. The van der Waals surface area contributed by atoms with E-state index in [0.717, 1.165) is 25.9 Å². The van der Waals surface area contributed by atoms with Crippen LogP contribution >= 0.6 is 0 Å². The number of benzene rings is 1. The summed E-state index contributed by atoms with van der Waals surface area (Å²) >= 11 is 0. The standard InChI is InChI=1S/C16H19FN4O/c1-12-10-13(6-7-14(12)17)21-11-15(18-19-21)16(22)20-8-4-2-3-5-9-20/h6-7,10-11H,2-5,8-9H2,1H3. The van der Waals surface area contributed by atoms with Crippen molar-refractivity contribution >= 4 is 5.91 Å². The van der Waals surface area contributed by atoms with Gasteiger partial charge in [0.25, 0.3) is 5.91 Å². The van der Waals surface area contributed by atoms with E-state index < -0.39 is 0 Å². The molecule has 0 saturated carbocycles. The Kier molecular flexibility index (Phi) is 4.18. The molecule has 5 nitrogen and oxygen atoms in total. The third kappa shape index (κ3) is 3.00. The normalized spacial score (nSPS) is 15.6. The van der Waals surface area contributed by atoms with Gasteiger partial charge in [0.2, 0.25) is 0 Å². The predicted octanol–water partition coefficient (Wildman–Crippen LogP) is 2.73. The molecule has 0 atom stereocenters. The number of amides is 1. The van der Waals surface area contributed by atoms with E-state index in [9.17, 15) is 9.18 Å². The van der Waals surface area contributed by atoms with Gasteiger partial charge in [0, 0.05) is 13.1 Å². The van der Waals surface area contributed by atoms with E-state index in [0.29, 0.717) is 16.9 Å². The van der Waals surface area contributed by atoms with Crippen molar-refractivity contribution in [2.45, 2.75) is 32.6 Å². The lowest BCUT2D eigenvalue weighted by Crippen LogP contribution is -2.32. The second kappa shape index (κ2) is 6.25. The van der Waals surface area contributed by atoms with Crippen molar-refractivity contribution in [3.05, 3.63) is 41.5 Å². The molecule has 1 saturated heterocycles. The van der Waals surface area contributed by atoms with Gasteiger partial charge >= 0.3 is 0 Å². The van der Waals surface area contributed by atoms with E-state index >= 15 is 0 Å². The van der Waals surface area contributed by atoms with Gasteiger partial charge in [-0.25, -0.2) is 9.07 Å². The topological polar surface area (TPSA) is 51.0 Å². The molecule has 0 N–H and O–H groups in total. The van der Waals surface area contributed by atoms with Crippen LogP contribution in [0.3, 0.4) is 0 Å². The molecule has 2 heterocycles. The van der Waals surface area contributed by atoms with Crippen molar-refractivity contribution in [1.82, 2.24) is 19.9 Å². The largest absolute Gasteiger partial charge is 0.337 e. The fourth-order valence-corrected chi connectivity index (χ4v) is 2.70. The third-order valence-corrected chi connectivity index (χ3v) is 4.01. The molecular formula is C16H19FN4O. The zero-order valence-corrected chi connectivity index (χ0v) is 12.6. The Hall–Kier alpha value is -2.24. The number of aromatic nitrogens is 3. The Morgan fingerprint density at radius 3 is 2.59 bits per heavy atom. The molecule has 2 aromatic rings. The lowest BCUT2D eigenvalue weighted by molar-refractivity contribution is 0.0755. The van der Waals surface area contributed by atoms with Gasteiger partial charge in [-0.1, -0.05) is 18.1 Å². The SMILES string of the molecule is Cc1cc(-n2cc(C(=O)N3CCCCCC3)nn2)ccc1F. The molecule has 22 heavy (non-hydrogen) atoms. The van der Waals surface area contributed by atoms with Crippen LogP contribution < -0.4 is 0 Å². The molecular weight excluding hydrogens is 283 g/mol. The zero-order chi connectivity index (χ0) is 15.5. The van der Waals surface area contributed by atoms with Gasteiger partial charge in [-0.3, -0.25) is 4.79 Å². The van der Waals surface area contributed by atoms with E-state index in [1.54, 1.807) is 25.3 Å². The third-order valence-electron chi connectivity index (χ3n) is 4.01. The summed E-state index contributed by atoms with van der Waals surface area (Å²) in [6.45, 7) is 3.25. The van der Waals surface area contributed by atoms with Crippen LogP contribution in [0.15, 0.2) is 24.4 Å². The number of hydrogen-bond acceptors (Lipinski definition) is 3. The van der Waals surface area contributed by atoms with Crippen LogP contribution in [0.1, 0.15) is 41.7 Å². The Balaban J connectivity index is 1.80. The maximum atomic E-state index is 13.3. The van der Waals surface area contributed by atoms with Crippen LogP contribution in [0.25, 0.3) is 5.69 Å². The van der Waals surface area contributed by atoms with Gasteiger partial charge in [0.1, 0.15) is 5.82 Å². The zero-order valence-electron chi connectivity index (χ0n) is 12.6. The van der Waals surface area contributed by atoms with Crippen molar-refractivity contribution in [3.63, 3.8) is 0 Å². The minimum atomic E-state index is -0.260. The molecule has 3 rings (SSSR count). The first-order valence-corrected chi connectivity index (χ1v) is 7.63. The Morgan fingerprint density at radius 2 is 1.91 bits per heavy atom. The van der Waals surface area contributed by atoms with Crippen LogP contribution in [0.5, 0.6) is 0 Å². The maximum Gasteiger partial charge on any atom is 0.276 e. The number of carbonyl (C=O) groups is 1. The van der Waals surface area contributed by atoms with E-state index in [1.165, 1.54) is 23.6 Å². The Bertz CT molecular complexity index is 675. The monoisotopic (exact) mass is 302 g/mol. The average Bonchev–Trinajstić information content (AvgIpc) is 2.85. The van der Waals surface area contributed by atoms with E-state index in [1.807, 2.05) is 4.90 Å². The lowest BCUT2D eigenvalue weighted by atomic mass is 10.2. The van der Waals surface area contributed by atoms with Gasteiger partial charge < -0.3 is 4.90 Å². The molecule has 1 amide bonds. The van der Waals surface area contributed by atoms with Crippen LogP contribution in [-0.4, -0.2) is 38.9 Å². The van der Waals surface area contributed by atoms with Gasteiger partial charge in [0.05, 0.1) is 11.9 Å². The number of hydrogen-bond donors (Lipinski definition) is 0. The quantitative estimate of drug-likeness (QED) is 0.857. The van der Waals surface area contributed by atoms with Crippen molar-refractivity contribution < 1.29 is 9.18 Å². The van der Waals surface area contributed by atoms with Crippen LogP contribution in [-0.2, 0) is 0 Å². The Labute approximate surface area is 128 Å². The average molecular weight is 302 g/mol. The van der Waals surface area contributed by atoms with Crippen molar-refractivity contribution in [1.29, 1.82) is 0 Å². The highest BCUT2D eigenvalue weighted by atomic mass is 19.1. The molecule has 0 spiro atoms. The second-order valence-electron chi connectivity index (χ2n) is 5.69. The number of nitrogens with zero attached hydrogens (tertiary/aromatic N) is 4. The number of carbonyl (C=O) groups excluding carboxylic acids is 1. The van der Waals surface area contributed by atoms with Crippen LogP contribution in [0, 0.1) is 12.7 Å². The smallest absolute Gasteiger partial charge is 0.276 e. The van der Waals surface area contributed by atoms with E-state index in [4.69, 9.17) is 0 Å².